The van der Waals surface area contributed by atoms with Crippen molar-refractivity contribution in [1.29, 1.82) is 0 Å². The first kappa shape index (κ1) is 27.6. The van der Waals surface area contributed by atoms with Gasteiger partial charge in [-0.05, 0) is 73.2 Å². The van der Waals surface area contributed by atoms with Gasteiger partial charge in [0.25, 0.3) is 0 Å². The number of urea groups is 1. The fourth-order valence-corrected chi connectivity index (χ4v) is 5.74. The number of rotatable bonds is 8. The highest BCUT2D eigenvalue weighted by atomic mass is 16.6. The highest BCUT2D eigenvalue weighted by molar-refractivity contribution is 5.84. The summed E-state index contributed by atoms with van der Waals surface area (Å²) >= 11 is 0. The van der Waals surface area contributed by atoms with Crippen LogP contribution in [-0.2, 0) is 27.1 Å². The lowest BCUT2D eigenvalue weighted by atomic mass is 9.88. The highest BCUT2D eigenvalue weighted by Gasteiger charge is 2.37. The van der Waals surface area contributed by atoms with E-state index in [1.54, 1.807) is 19.1 Å². The molecule has 2 atom stereocenters. The Balaban J connectivity index is 1.47. The molecule has 3 aromatic rings. The van der Waals surface area contributed by atoms with Crippen molar-refractivity contribution in [2.45, 2.75) is 38.3 Å². The molecule has 2 aliphatic heterocycles. The zero-order chi connectivity index (χ0) is 28.2. The van der Waals surface area contributed by atoms with Crippen LogP contribution in [0.2, 0.25) is 0 Å². The normalized spacial score (nSPS) is 18.8. The van der Waals surface area contributed by atoms with Gasteiger partial charge in [-0.2, -0.15) is 0 Å². The van der Waals surface area contributed by atoms with Gasteiger partial charge >= 0.3 is 12.0 Å². The largest absolute Gasteiger partial charge is 0.497 e. The molecule has 1 aromatic heterocycles. The van der Waals surface area contributed by atoms with Crippen molar-refractivity contribution < 1.29 is 33.3 Å². The van der Waals surface area contributed by atoms with Crippen molar-refractivity contribution in [2.24, 2.45) is 0 Å². The smallest absolute Gasteiger partial charge is 0.336 e. The van der Waals surface area contributed by atoms with Crippen LogP contribution in [-0.4, -0.2) is 87.1 Å². The number of aromatic nitrogens is 1. The van der Waals surface area contributed by atoms with E-state index in [1.165, 1.54) is 7.11 Å². The van der Waals surface area contributed by atoms with Gasteiger partial charge < -0.3 is 38.5 Å². The van der Waals surface area contributed by atoms with Crippen LogP contribution in [0.5, 0.6) is 17.2 Å². The van der Waals surface area contributed by atoms with Crippen LogP contribution in [0.15, 0.2) is 36.5 Å². The van der Waals surface area contributed by atoms with Gasteiger partial charge in [0.1, 0.15) is 5.75 Å². The molecule has 214 valence electrons. The van der Waals surface area contributed by atoms with Gasteiger partial charge in [-0.15, -0.1) is 0 Å². The Kier molecular flexibility index (Phi) is 8.35. The Bertz CT molecular complexity index is 1370. The van der Waals surface area contributed by atoms with Crippen LogP contribution in [0.3, 0.4) is 0 Å². The van der Waals surface area contributed by atoms with Crippen molar-refractivity contribution in [3.63, 3.8) is 0 Å². The van der Waals surface area contributed by atoms with E-state index in [4.69, 9.17) is 23.7 Å². The Morgan fingerprint density at radius 3 is 2.67 bits per heavy atom. The Morgan fingerprint density at radius 2 is 1.93 bits per heavy atom. The number of aromatic amines is 1. The average Bonchev–Trinajstić information content (AvgIpc) is 3.40. The maximum absolute atomic E-state index is 14.0. The Hall–Kier alpha value is -3.92. The monoisotopic (exact) mass is 551 g/mol. The first-order chi connectivity index (χ1) is 19.5. The Labute approximate surface area is 234 Å². The third-order valence-electron chi connectivity index (χ3n) is 7.79. The molecule has 3 heterocycles. The van der Waals surface area contributed by atoms with Crippen LogP contribution >= 0.6 is 0 Å². The van der Waals surface area contributed by atoms with E-state index >= 15 is 0 Å². The predicted octanol–water partition coefficient (Wildman–Crippen LogP) is 4.11. The molecule has 0 aliphatic carbocycles. The lowest BCUT2D eigenvalue weighted by molar-refractivity contribution is -0.158. The molecule has 1 saturated heterocycles. The van der Waals surface area contributed by atoms with Crippen molar-refractivity contribution in [3.05, 3.63) is 53.2 Å². The second-order valence-electron chi connectivity index (χ2n) is 9.97. The Morgan fingerprint density at radius 1 is 1.07 bits per heavy atom. The third kappa shape index (κ3) is 5.40. The molecule has 2 aliphatic rings. The molecule has 0 radical (unpaired) electrons. The number of amides is 2. The van der Waals surface area contributed by atoms with Crippen molar-refractivity contribution in [3.8, 4) is 17.2 Å². The van der Waals surface area contributed by atoms with E-state index < -0.39 is 12.1 Å². The average molecular weight is 552 g/mol. The molecule has 5 rings (SSSR count). The molecule has 0 bridgehead atoms. The van der Waals surface area contributed by atoms with Crippen LogP contribution in [0.4, 0.5) is 4.79 Å². The zero-order valence-corrected chi connectivity index (χ0v) is 23.5. The van der Waals surface area contributed by atoms with Crippen LogP contribution in [0.1, 0.15) is 36.1 Å². The summed E-state index contributed by atoms with van der Waals surface area (Å²) in [6.07, 6.45) is 3.38. The quantitative estimate of drug-likeness (QED) is 0.421. The molecule has 10 nitrogen and oxygen atoms in total. The van der Waals surface area contributed by atoms with E-state index in [2.05, 4.69) is 4.98 Å². The van der Waals surface area contributed by atoms with E-state index in [-0.39, 0.29) is 25.2 Å². The number of methoxy groups -OCH3 is 3. The van der Waals surface area contributed by atoms with Gasteiger partial charge in [0, 0.05) is 30.2 Å². The van der Waals surface area contributed by atoms with E-state index in [1.807, 2.05) is 48.4 Å². The minimum Gasteiger partial charge on any atom is -0.497 e. The fourth-order valence-electron chi connectivity index (χ4n) is 5.74. The number of morpholine rings is 1. The third-order valence-corrected chi connectivity index (χ3v) is 7.79. The summed E-state index contributed by atoms with van der Waals surface area (Å²) in [7, 11) is 4.63. The number of hydrogen-bond donors (Lipinski definition) is 1. The molecule has 1 N–H and O–H groups in total. The van der Waals surface area contributed by atoms with E-state index in [0.717, 1.165) is 39.8 Å². The van der Waals surface area contributed by atoms with Gasteiger partial charge in [-0.3, -0.25) is 0 Å². The number of H-pyrrole nitrogens is 1. The lowest BCUT2D eigenvalue weighted by Gasteiger charge is -2.42. The number of benzene rings is 2. The number of fused-ring (bicyclic) bond motifs is 2. The van der Waals surface area contributed by atoms with Gasteiger partial charge in [-0.1, -0.05) is 0 Å². The highest BCUT2D eigenvalue weighted by Crippen LogP contribution is 2.41. The molecule has 1 fully saturated rings. The molecule has 10 heteroatoms. The first-order valence-electron chi connectivity index (χ1n) is 13.7. The minimum absolute atomic E-state index is 0.109. The lowest BCUT2D eigenvalue weighted by Crippen LogP contribution is -2.54. The summed E-state index contributed by atoms with van der Waals surface area (Å²) in [5.74, 6) is 1.68. The van der Waals surface area contributed by atoms with Crippen LogP contribution in [0.25, 0.3) is 10.9 Å². The predicted molar refractivity (Wildman–Crippen MR) is 149 cm³/mol. The zero-order valence-electron chi connectivity index (χ0n) is 23.5. The summed E-state index contributed by atoms with van der Waals surface area (Å²) < 4.78 is 27.4. The molecule has 2 unspecified atom stereocenters. The molecule has 40 heavy (non-hydrogen) atoms. The molecule has 0 saturated carbocycles. The fraction of sp³-hybridized carbons (Fsp3) is 0.467. The number of carbonyl (C=O) groups excluding carboxylic acids is 2. The maximum Gasteiger partial charge on any atom is 0.336 e. The standard InChI is InChI=1S/C30H37N3O7/c1-5-39-27-16-23-19(14-26(27)37-3)10-11-33(30(35)32-12-13-40-28(18-32)29(34)38-4)25(23)9-6-20-17-31-24-8-7-21(36-2)15-22(20)24/h7-8,14-17,25,28,31H,5-6,9-13,18H2,1-4H3. The molecule has 2 amide bonds. The van der Waals surface area contributed by atoms with Crippen LogP contribution in [0, 0.1) is 0 Å². The van der Waals surface area contributed by atoms with Crippen molar-refractivity contribution in [2.75, 3.05) is 54.2 Å². The number of esters is 1. The second kappa shape index (κ2) is 12.1. The molecule has 0 spiro atoms. The summed E-state index contributed by atoms with van der Waals surface area (Å²) in [5, 5.41) is 1.10. The number of aryl methyl sites for hydroxylation is 1. The van der Waals surface area contributed by atoms with Gasteiger partial charge in [-0.25, -0.2) is 9.59 Å². The SMILES string of the molecule is CCOc1cc2c(cc1OC)CCN(C(=O)N1CCOC(C(=O)OC)C1)C2CCc1c[nH]c2ccc(OC)cc12. The van der Waals surface area contributed by atoms with Crippen molar-refractivity contribution in [1.82, 2.24) is 14.8 Å². The van der Waals surface area contributed by atoms with E-state index in [0.29, 0.717) is 44.0 Å². The molecular formula is C30H37N3O7. The number of hydrogen-bond acceptors (Lipinski definition) is 7. The number of carbonyl (C=O) groups is 2. The number of nitrogens with zero attached hydrogens (tertiary/aromatic N) is 2. The maximum atomic E-state index is 14.0. The minimum atomic E-state index is -0.784. The number of ether oxygens (including phenoxy) is 5. The summed E-state index contributed by atoms with van der Waals surface area (Å²) in [4.78, 5) is 33.1. The van der Waals surface area contributed by atoms with E-state index in [9.17, 15) is 9.59 Å². The van der Waals surface area contributed by atoms with Crippen molar-refractivity contribution >= 4 is 22.9 Å². The first-order valence-corrected chi connectivity index (χ1v) is 13.7. The topological polar surface area (TPSA) is 103 Å². The summed E-state index contributed by atoms with van der Waals surface area (Å²) in [6, 6.07) is 9.74. The summed E-state index contributed by atoms with van der Waals surface area (Å²) in [5.41, 5.74) is 4.39. The van der Waals surface area contributed by atoms with Crippen LogP contribution < -0.4 is 14.2 Å². The van der Waals surface area contributed by atoms with Gasteiger partial charge in [0.05, 0.1) is 47.1 Å². The molecular weight excluding hydrogens is 514 g/mol. The molecule has 2 aromatic carbocycles. The number of nitrogens with one attached hydrogen (secondary N) is 1. The second-order valence-corrected chi connectivity index (χ2v) is 9.97. The van der Waals surface area contributed by atoms with Gasteiger partial charge in [0.2, 0.25) is 0 Å². The van der Waals surface area contributed by atoms with Gasteiger partial charge in [0.15, 0.2) is 17.6 Å². The summed E-state index contributed by atoms with van der Waals surface area (Å²) in [6.45, 7) is 3.85.